The fourth-order valence-corrected chi connectivity index (χ4v) is 1.73. The number of ether oxygens (including phenoxy) is 1. The summed E-state index contributed by atoms with van der Waals surface area (Å²) in [5.74, 6) is -0.0689. The van der Waals surface area contributed by atoms with E-state index in [-0.39, 0.29) is 11.6 Å². The van der Waals surface area contributed by atoms with Gasteiger partial charge in [-0.3, -0.25) is 0 Å². The number of halogens is 1. The first-order valence-corrected chi connectivity index (χ1v) is 5.37. The summed E-state index contributed by atoms with van der Waals surface area (Å²) in [6.07, 6.45) is 0. The lowest BCUT2D eigenvalue weighted by molar-refractivity contribution is 0.387. The van der Waals surface area contributed by atoms with Crippen LogP contribution in [0.5, 0.6) is 5.75 Å². The maximum Gasteiger partial charge on any atom is 0.172 e. The Bertz CT molecular complexity index is 525. The predicted molar refractivity (Wildman–Crippen MR) is 67.9 cm³/mol. The number of anilines is 1. The molecule has 0 heterocycles. The van der Waals surface area contributed by atoms with Crippen LogP contribution in [-0.4, -0.2) is 14.2 Å². The summed E-state index contributed by atoms with van der Waals surface area (Å²) in [6.45, 7) is 0. The van der Waals surface area contributed by atoms with Crippen molar-refractivity contribution >= 4 is 5.69 Å². The number of hydrogen-bond acceptors (Lipinski definition) is 2. The second-order valence-electron chi connectivity index (χ2n) is 3.65. The highest BCUT2D eigenvalue weighted by molar-refractivity contribution is 5.69. The first-order chi connectivity index (χ1) is 8.26. The molecule has 0 aliphatic heterocycles. The first kappa shape index (κ1) is 11.5. The first-order valence-electron chi connectivity index (χ1n) is 5.37. The molecule has 2 nitrogen and oxygen atoms in total. The molecule has 1 N–H and O–H groups in total. The molecule has 0 aliphatic rings. The summed E-state index contributed by atoms with van der Waals surface area (Å²) in [6, 6.07) is 12.7. The smallest absolute Gasteiger partial charge is 0.172 e. The lowest BCUT2D eigenvalue weighted by atomic mass is 10.0. The van der Waals surface area contributed by atoms with E-state index < -0.39 is 0 Å². The van der Waals surface area contributed by atoms with E-state index in [1.807, 2.05) is 31.3 Å². The van der Waals surface area contributed by atoms with E-state index in [1.54, 1.807) is 18.2 Å². The van der Waals surface area contributed by atoms with Crippen molar-refractivity contribution < 1.29 is 9.13 Å². The number of hydrogen-bond donors (Lipinski definition) is 1. The Morgan fingerprint density at radius 3 is 2.59 bits per heavy atom. The van der Waals surface area contributed by atoms with Crippen LogP contribution in [0.15, 0.2) is 42.5 Å². The van der Waals surface area contributed by atoms with Crippen LogP contribution in [0.3, 0.4) is 0 Å². The molecule has 2 aromatic carbocycles. The molecule has 2 aromatic rings. The van der Waals surface area contributed by atoms with Crippen molar-refractivity contribution in [2.24, 2.45) is 0 Å². The van der Waals surface area contributed by atoms with E-state index in [9.17, 15) is 4.39 Å². The summed E-state index contributed by atoms with van der Waals surface area (Å²) in [5.41, 5.74) is 2.32. The van der Waals surface area contributed by atoms with Crippen molar-refractivity contribution in [3.05, 3.63) is 48.3 Å². The number of benzene rings is 2. The quantitative estimate of drug-likeness (QED) is 0.872. The summed E-state index contributed by atoms with van der Waals surface area (Å²) >= 11 is 0. The standard InChI is InChI=1S/C14H14FNO/c1-16-11-6-3-5-10(9-11)12-7-4-8-13(17-2)14(12)15/h3-9,16H,1-2H3. The normalized spacial score (nSPS) is 10.1. The molecule has 2 rings (SSSR count). The third-order valence-electron chi connectivity index (χ3n) is 2.65. The fraction of sp³-hybridized carbons (Fsp3) is 0.143. The molecule has 3 heteroatoms. The van der Waals surface area contributed by atoms with Crippen molar-refractivity contribution in [1.29, 1.82) is 0 Å². The van der Waals surface area contributed by atoms with Gasteiger partial charge in [-0.2, -0.15) is 0 Å². The molecule has 88 valence electrons. The van der Waals surface area contributed by atoms with Crippen molar-refractivity contribution in [3.8, 4) is 16.9 Å². The van der Waals surface area contributed by atoms with E-state index >= 15 is 0 Å². The number of methoxy groups -OCH3 is 1. The van der Waals surface area contributed by atoms with E-state index in [1.165, 1.54) is 7.11 Å². The second kappa shape index (κ2) is 4.87. The van der Waals surface area contributed by atoms with Gasteiger partial charge in [0.25, 0.3) is 0 Å². The zero-order chi connectivity index (χ0) is 12.3. The van der Waals surface area contributed by atoms with Gasteiger partial charge in [-0.05, 0) is 23.8 Å². The Hall–Kier alpha value is -2.03. The van der Waals surface area contributed by atoms with Gasteiger partial charge in [0.15, 0.2) is 11.6 Å². The van der Waals surface area contributed by atoms with Crippen molar-refractivity contribution in [1.82, 2.24) is 0 Å². The van der Waals surface area contributed by atoms with Crippen LogP contribution in [-0.2, 0) is 0 Å². The summed E-state index contributed by atoms with van der Waals surface area (Å²) < 4.78 is 19.0. The lowest BCUT2D eigenvalue weighted by Gasteiger charge is -2.08. The summed E-state index contributed by atoms with van der Waals surface area (Å²) in [4.78, 5) is 0. The Labute approximate surface area is 100 Å². The van der Waals surface area contributed by atoms with E-state index in [0.717, 1.165) is 11.3 Å². The van der Waals surface area contributed by atoms with Gasteiger partial charge < -0.3 is 10.1 Å². The molecular formula is C14H14FNO. The number of nitrogens with one attached hydrogen (secondary N) is 1. The molecule has 0 atom stereocenters. The molecule has 0 bridgehead atoms. The molecule has 0 amide bonds. The van der Waals surface area contributed by atoms with Crippen LogP contribution in [0.4, 0.5) is 10.1 Å². The third-order valence-corrected chi connectivity index (χ3v) is 2.65. The zero-order valence-electron chi connectivity index (χ0n) is 9.83. The lowest BCUT2D eigenvalue weighted by Crippen LogP contribution is -1.92. The van der Waals surface area contributed by atoms with Gasteiger partial charge in [0.1, 0.15) is 0 Å². The molecular weight excluding hydrogens is 217 g/mol. The number of rotatable bonds is 3. The van der Waals surface area contributed by atoms with E-state index in [4.69, 9.17) is 4.74 Å². The Balaban J connectivity index is 2.52. The van der Waals surface area contributed by atoms with E-state index in [0.29, 0.717) is 5.56 Å². The molecule has 0 unspecified atom stereocenters. The minimum absolute atomic E-state index is 0.261. The maximum atomic E-state index is 14.0. The SMILES string of the molecule is CNc1cccc(-c2cccc(OC)c2F)c1. The minimum Gasteiger partial charge on any atom is -0.494 e. The molecule has 0 aliphatic carbocycles. The largest absolute Gasteiger partial charge is 0.494 e. The van der Waals surface area contributed by atoms with Crippen LogP contribution in [0.2, 0.25) is 0 Å². The highest BCUT2D eigenvalue weighted by Crippen LogP contribution is 2.30. The van der Waals surface area contributed by atoms with Crippen molar-refractivity contribution in [2.45, 2.75) is 0 Å². The minimum atomic E-state index is -0.330. The monoisotopic (exact) mass is 231 g/mol. The van der Waals surface area contributed by atoms with Crippen LogP contribution in [0.1, 0.15) is 0 Å². The predicted octanol–water partition coefficient (Wildman–Crippen LogP) is 3.54. The Morgan fingerprint density at radius 2 is 1.88 bits per heavy atom. The topological polar surface area (TPSA) is 21.3 Å². The average Bonchev–Trinajstić information content (AvgIpc) is 2.39. The zero-order valence-corrected chi connectivity index (χ0v) is 9.83. The van der Waals surface area contributed by atoms with Gasteiger partial charge in [0.2, 0.25) is 0 Å². The second-order valence-corrected chi connectivity index (χ2v) is 3.65. The van der Waals surface area contributed by atoms with Crippen molar-refractivity contribution in [2.75, 3.05) is 19.5 Å². The molecule has 0 fully saturated rings. The molecule has 0 saturated carbocycles. The molecule has 0 radical (unpaired) electrons. The molecule has 0 spiro atoms. The molecule has 0 saturated heterocycles. The van der Waals surface area contributed by atoms with Gasteiger partial charge in [-0.25, -0.2) is 4.39 Å². The fourth-order valence-electron chi connectivity index (χ4n) is 1.73. The van der Waals surface area contributed by atoms with E-state index in [2.05, 4.69) is 5.32 Å². The third kappa shape index (κ3) is 2.23. The Kier molecular flexibility index (Phi) is 3.28. The van der Waals surface area contributed by atoms with Gasteiger partial charge in [-0.1, -0.05) is 24.3 Å². The van der Waals surface area contributed by atoms with Crippen LogP contribution < -0.4 is 10.1 Å². The van der Waals surface area contributed by atoms with Gasteiger partial charge in [0, 0.05) is 18.3 Å². The molecule has 17 heavy (non-hydrogen) atoms. The van der Waals surface area contributed by atoms with Crippen molar-refractivity contribution in [3.63, 3.8) is 0 Å². The van der Waals surface area contributed by atoms with Crippen LogP contribution in [0.25, 0.3) is 11.1 Å². The summed E-state index contributed by atoms with van der Waals surface area (Å²) in [7, 11) is 3.30. The van der Waals surface area contributed by atoms with Crippen LogP contribution in [0, 0.1) is 5.82 Å². The highest BCUT2D eigenvalue weighted by atomic mass is 19.1. The average molecular weight is 231 g/mol. The highest BCUT2D eigenvalue weighted by Gasteiger charge is 2.10. The van der Waals surface area contributed by atoms with Gasteiger partial charge in [0.05, 0.1) is 7.11 Å². The van der Waals surface area contributed by atoms with Gasteiger partial charge >= 0.3 is 0 Å². The maximum absolute atomic E-state index is 14.0. The summed E-state index contributed by atoms with van der Waals surface area (Å²) in [5, 5.41) is 3.03. The van der Waals surface area contributed by atoms with Gasteiger partial charge in [-0.15, -0.1) is 0 Å². The molecule has 0 aromatic heterocycles. The Morgan fingerprint density at radius 1 is 1.12 bits per heavy atom. The van der Waals surface area contributed by atoms with Crippen LogP contribution >= 0.6 is 0 Å².